The predicted molar refractivity (Wildman–Crippen MR) is 154 cm³/mol. The van der Waals surface area contributed by atoms with Crippen molar-refractivity contribution in [3.05, 3.63) is 101 Å². The zero-order chi connectivity index (χ0) is 29.5. The van der Waals surface area contributed by atoms with E-state index in [0.29, 0.717) is 60.6 Å². The summed E-state index contributed by atoms with van der Waals surface area (Å²) in [6, 6.07) is 17.3. The van der Waals surface area contributed by atoms with Gasteiger partial charge in [-0.1, -0.05) is 37.3 Å². The number of hydrogen-bond donors (Lipinski definition) is 5. The third-order valence-electron chi connectivity index (χ3n) is 6.68. The molecule has 2 aliphatic heterocycles. The van der Waals surface area contributed by atoms with Crippen LogP contribution in [-0.2, 0) is 25.5 Å². The van der Waals surface area contributed by atoms with E-state index in [0.717, 1.165) is 5.56 Å². The molecule has 218 valence electrons. The number of ether oxygens (including phenoxy) is 2. The maximum absolute atomic E-state index is 13.7. The molecule has 1 aromatic heterocycles. The molecule has 0 atom stereocenters. The lowest BCUT2D eigenvalue weighted by Crippen LogP contribution is -2.45. The summed E-state index contributed by atoms with van der Waals surface area (Å²) in [5.74, 6) is 0.168. The Labute approximate surface area is 242 Å². The molecule has 2 aromatic carbocycles. The molecule has 5 rings (SSSR count). The summed E-state index contributed by atoms with van der Waals surface area (Å²) in [7, 11) is 0. The van der Waals surface area contributed by atoms with Gasteiger partial charge in [-0.2, -0.15) is 0 Å². The molecule has 3 aromatic rings. The van der Waals surface area contributed by atoms with Crippen molar-refractivity contribution in [1.29, 1.82) is 0 Å². The molecule has 1 fully saturated rings. The van der Waals surface area contributed by atoms with Crippen molar-refractivity contribution in [3.63, 3.8) is 0 Å². The lowest BCUT2D eigenvalue weighted by atomic mass is 9.92. The van der Waals surface area contributed by atoms with Gasteiger partial charge in [-0.15, -0.1) is 0 Å². The van der Waals surface area contributed by atoms with Gasteiger partial charge in [0, 0.05) is 31.3 Å². The summed E-state index contributed by atoms with van der Waals surface area (Å²) in [5.41, 5.74) is 8.20. The minimum absolute atomic E-state index is 0.0724. The first-order valence-corrected chi connectivity index (χ1v) is 13.5. The number of halogens is 1. The zero-order valence-corrected chi connectivity index (χ0v) is 23.1. The van der Waals surface area contributed by atoms with Crippen LogP contribution in [0, 0.1) is 11.2 Å². The molecule has 0 saturated carbocycles. The average molecular weight is 574 g/mol. The van der Waals surface area contributed by atoms with E-state index in [4.69, 9.17) is 15.2 Å². The Kier molecular flexibility index (Phi) is 8.51. The summed E-state index contributed by atoms with van der Waals surface area (Å²) in [6.45, 7) is 3.27. The molecule has 0 spiro atoms. The SMILES string of the molecule is CC1(CNC(=O)Cc2ccccc2)COC(=C2NC(c3ccc(F)cc3)=C(c3ccnc(NCCC(N)=O)n3)N2)OC1. The number of primary amides is 1. The van der Waals surface area contributed by atoms with Crippen molar-refractivity contribution in [1.82, 2.24) is 25.9 Å². The van der Waals surface area contributed by atoms with Crippen LogP contribution < -0.4 is 27.0 Å². The van der Waals surface area contributed by atoms with Crippen LogP contribution in [0.4, 0.5) is 10.3 Å². The highest BCUT2D eigenvalue weighted by molar-refractivity contribution is 5.92. The van der Waals surface area contributed by atoms with Crippen molar-refractivity contribution >= 4 is 29.2 Å². The standard InChI is InChI=1S/C30H32FN7O4/c1-30(16-35-24(40)15-19-5-3-2-4-6-19)17-41-28(42-18-30)27-37-25(20-7-9-21(31)10-8-20)26(38-27)22-11-13-33-29(36-22)34-14-12-23(32)39/h2-11,13,37-38H,12,14-18H2,1H3,(H2,32,39)(H,35,40)(H,33,34,36). The Hall–Kier alpha value is -5.13. The third-order valence-corrected chi connectivity index (χ3v) is 6.68. The number of amides is 2. The Bertz CT molecular complexity index is 1500. The number of benzene rings is 2. The van der Waals surface area contributed by atoms with Gasteiger partial charge >= 0.3 is 5.95 Å². The molecule has 0 unspecified atom stereocenters. The lowest BCUT2D eigenvalue weighted by Gasteiger charge is -2.35. The van der Waals surface area contributed by atoms with E-state index in [1.54, 1.807) is 24.4 Å². The summed E-state index contributed by atoms with van der Waals surface area (Å²) < 4.78 is 25.7. The number of carbonyl (C=O) groups is 2. The van der Waals surface area contributed by atoms with Crippen molar-refractivity contribution in [2.24, 2.45) is 11.1 Å². The summed E-state index contributed by atoms with van der Waals surface area (Å²) in [5, 5.41) is 12.5. The minimum atomic E-state index is -0.441. The van der Waals surface area contributed by atoms with Crippen LogP contribution in [0.2, 0.25) is 0 Å². The monoisotopic (exact) mass is 573 g/mol. The first-order chi connectivity index (χ1) is 20.3. The minimum Gasteiger partial charge on any atom is -0.462 e. The number of hydrogen-bond acceptors (Lipinski definition) is 9. The van der Waals surface area contributed by atoms with Crippen LogP contribution >= 0.6 is 0 Å². The zero-order valence-electron chi connectivity index (χ0n) is 23.1. The van der Waals surface area contributed by atoms with Crippen LogP contribution in [0.1, 0.15) is 30.2 Å². The van der Waals surface area contributed by atoms with E-state index in [1.807, 2.05) is 37.3 Å². The molecular weight excluding hydrogens is 541 g/mol. The predicted octanol–water partition coefficient (Wildman–Crippen LogP) is 2.46. The van der Waals surface area contributed by atoms with Gasteiger partial charge < -0.3 is 36.5 Å². The number of nitrogens with one attached hydrogen (secondary N) is 4. The number of nitrogens with two attached hydrogens (primary N) is 1. The summed E-state index contributed by atoms with van der Waals surface area (Å²) in [4.78, 5) is 32.3. The van der Waals surface area contributed by atoms with Crippen molar-refractivity contribution in [3.8, 4) is 0 Å². The number of carbonyl (C=O) groups excluding carboxylic acids is 2. The van der Waals surface area contributed by atoms with Crippen LogP contribution in [0.3, 0.4) is 0 Å². The molecule has 1 saturated heterocycles. The first-order valence-electron chi connectivity index (χ1n) is 13.5. The Morgan fingerprint density at radius 2 is 1.74 bits per heavy atom. The third kappa shape index (κ3) is 7.14. The topological polar surface area (TPSA) is 153 Å². The fraction of sp³-hybridized carbons (Fsp3) is 0.267. The lowest BCUT2D eigenvalue weighted by molar-refractivity contribution is -0.124. The Balaban J connectivity index is 1.28. The maximum atomic E-state index is 13.7. The van der Waals surface area contributed by atoms with Crippen molar-refractivity contribution in [2.45, 2.75) is 19.8 Å². The molecule has 11 nitrogen and oxygen atoms in total. The van der Waals surface area contributed by atoms with E-state index >= 15 is 0 Å². The van der Waals surface area contributed by atoms with Gasteiger partial charge in [0.2, 0.25) is 17.8 Å². The van der Waals surface area contributed by atoms with Gasteiger partial charge in [-0.05, 0) is 35.9 Å². The van der Waals surface area contributed by atoms with Gasteiger partial charge in [0.25, 0.3) is 0 Å². The van der Waals surface area contributed by atoms with Crippen LogP contribution in [0.15, 0.2) is 78.6 Å². The van der Waals surface area contributed by atoms with Gasteiger partial charge in [-0.3, -0.25) is 9.59 Å². The quantitative estimate of drug-likeness (QED) is 0.246. The summed E-state index contributed by atoms with van der Waals surface area (Å²) in [6.07, 6.45) is 2.02. The largest absolute Gasteiger partial charge is 0.462 e. The van der Waals surface area contributed by atoms with E-state index < -0.39 is 11.3 Å². The van der Waals surface area contributed by atoms with Gasteiger partial charge in [-0.25, -0.2) is 14.4 Å². The highest BCUT2D eigenvalue weighted by atomic mass is 19.1. The Morgan fingerprint density at radius 3 is 2.45 bits per heavy atom. The van der Waals surface area contributed by atoms with E-state index in [2.05, 4.69) is 31.2 Å². The molecule has 3 heterocycles. The van der Waals surface area contributed by atoms with Gasteiger partial charge in [0.05, 0.1) is 28.9 Å². The highest BCUT2D eigenvalue weighted by Crippen LogP contribution is 2.32. The molecular formula is C30H32FN7O4. The molecule has 0 radical (unpaired) electrons. The second-order valence-corrected chi connectivity index (χ2v) is 10.4. The number of nitrogens with zero attached hydrogens (tertiary/aromatic N) is 2. The average Bonchev–Trinajstić information content (AvgIpc) is 3.43. The van der Waals surface area contributed by atoms with E-state index in [9.17, 15) is 14.0 Å². The molecule has 0 aliphatic carbocycles. The van der Waals surface area contributed by atoms with E-state index in [1.165, 1.54) is 12.1 Å². The maximum Gasteiger partial charge on any atom is 0.322 e. The van der Waals surface area contributed by atoms with Crippen molar-refractivity contribution in [2.75, 3.05) is 31.6 Å². The fourth-order valence-electron chi connectivity index (χ4n) is 4.38. The molecule has 12 heteroatoms. The molecule has 42 heavy (non-hydrogen) atoms. The fourth-order valence-corrected chi connectivity index (χ4v) is 4.38. The van der Waals surface area contributed by atoms with Crippen LogP contribution in [0.5, 0.6) is 0 Å². The second kappa shape index (κ2) is 12.6. The van der Waals surface area contributed by atoms with Gasteiger partial charge in [0.1, 0.15) is 19.0 Å². The molecule has 0 bridgehead atoms. The second-order valence-electron chi connectivity index (χ2n) is 10.4. The number of aromatic nitrogens is 2. The normalized spacial score (nSPS) is 18.0. The first kappa shape index (κ1) is 28.4. The van der Waals surface area contributed by atoms with Gasteiger partial charge in [0.15, 0.2) is 5.82 Å². The van der Waals surface area contributed by atoms with Crippen LogP contribution in [-0.4, -0.2) is 48.1 Å². The Morgan fingerprint density at radius 1 is 1.02 bits per heavy atom. The molecule has 2 amide bonds. The number of rotatable bonds is 10. The smallest absolute Gasteiger partial charge is 0.322 e. The summed E-state index contributed by atoms with van der Waals surface area (Å²) >= 11 is 0. The highest BCUT2D eigenvalue weighted by Gasteiger charge is 2.35. The van der Waals surface area contributed by atoms with Crippen molar-refractivity contribution < 1.29 is 23.5 Å². The number of anilines is 1. The van der Waals surface area contributed by atoms with Crippen LogP contribution in [0.25, 0.3) is 11.4 Å². The molecule has 6 N–H and O–H groups in total. The van der Waals surface area contributed by atoms with E-state index in [-0.39, 0.29) is 30.6 Å². The molecule has 2 aliphatic rings.